The molecule has 1 unspecified atom stereocenters. The second-order valence-electron chi connectivity index (χ2n) is 5.14. The molecule has 18 heavy (non-hydrogen) atoms. The summed E-state index contributed by atoms with van der Waals surface area (Å²) in [6.45, 7) is 5.16. The Bertz CT molecular complexity index is 390. The van der Waals surface area contributed by atoms with E-state index in [1.54, 1.807) is 0 Å². The zero-order valence-corrected chi connectivity index (χ0v) is 12.0. The Labute approximate surface area is 115 Å². The Hall–Kier alpha value is -0.730. The number of aryl methyl sites for hydroxylation is 1. The van der Waals surface area contributed by atoms with E-state index in [2.05, 4.69) is 19.2 Å². The fourth-order valence-electron chi connectivity index (χ4n) is 1.99. The lowest BCUT2D eigenvalue weighted by Gasteiger charge is -2.20. The lowest BCUT2D eigenvalue weighted by molar-refractivity contribution is 0.186. The molecule has 1 aromatic carbocycles. The molecule has 1 aliphatic rings. The van der Waals surface area contributed by atoms with Gasteiger partial charge in [-0.3, -0.25) is 0 Å². The number of rotatable bonds is 7. The molecule has 0 aliphatic heterocycles. The van der Waals surface area contributed by atoms with Crippen LogP contribution in [-0.4, -0.2) is 18.7 Å². The van der Waals surface area contributed by atoms with Crippen LogP contribution in [0.25, 0.3) is 0 Å². The van der Waals surface area contributed by atoms with E-state index < -0.39 is 0 Å². The Kier molecular flexibility index (Phi) is 4.90. The highest BCUT2D eigenvalue weighted by molar-refractivity contribution is 6.32. The van der Waals surface area contributed by atoms with Gasteiger partial charge >= 0.3 is 0 Å². The summed E-state index contributed by atoms with van der Waals surface area (Å²) in [5.74, 6) is 0.813. The van der Waals surface area contributed by atoms with E-state index in [-0.39, 0.29) is 6.10 Å². The van der Waals surface area contributed by atoms with Crippen LogP contribution in [0.1, 0.15) is 38.2 Å². The van der Waals surface area contributed by atoms with Gasteiger partial charge in [-0.15, -0.1) is 0 Å². The average molecular weight is 268 g/mol. The molecule has 0 saturated heterocycles. The van der Waals surface area contributed by atoms with E-state index in [0.29, 0.717) is 5.02 Å². The summed E-state index contributed by atoms with van der Waals surface area (Å²) in [6.07, 6.45) is 5.02. The highest BCUT2D eigenvalue weighted by Crippen LogP contribution is 2.27. The molecule has 0 heterocycles. The molecule has 0 aromatic heterocycles. The molecular weight excluding hydrogens is 246 g/mol. The van der Waals surface area contributed by atoms with Crippen LogP contribution in [0, 0.1) is 6.92 Å². The second kappa shape index (κ2) is 6.44. The largest absolute Gasteiger partial charge is 0.488 e. The van der Waals surface area contributed by atoms with E-state index in [1.165, 1.54) is 18.4 Å². The molecule has 100 valence electrons. The molecule has 1 aromatic rings. The molecule has 2 rings (SSSR count). The first-order chi connectivity index (χ1) is 8.69. The molecule has 1 N–H and O–H groups in total. The van der Waals surface area contributed by atoms with E-state index in [9.17, 15) is 0 Å². The van der Waals surface area contributed by atoms with Crippen LogP contribution in [0.3, 0.4) is 0 Å². The van der Waals surface area contributed by atoms with Crippen LogP contribution in [0.15, 0.2) is 18.2 Å². The van der Waals surface area contributed by atoms with E-state index in [4.69, 9.17) is 16.3 Å². The van der Waals surface area contributed by atoms with Gasteiger partial charge in [-0.1, -0.05) is 31.0 Å². The smallest absolute Gasteiger partial charge is 0.138 e. The predicted octanol–water partition coefficient (Wildman–Crippen LogP) is 3.95. The normalized spacial score (nSPS) is 16.6. The van der Waals surface area contributed by atoms with Gasteiger partial charge in [0.05, 0.1) is 5.02 Å². The number of nitrogens with one attached hydrogen (secondary N) is 1. The number of hydrogen-bond acceptors (Lipinski definition) is 2. The van der Waals surface area contributed by atoms with Crippen molar-refractivity contribution in [2.24, 2.45) is 0 Å². The van der Waals surface area contributed by atoms with Crippen molar-refractivity contribution in [1.82, 2.24) is 5.32 Å². The molecule has 0 bridgehead atoms. The van der Waals surface area contributed by atoms with Gasteiger partial charge in [-0.25, -0.2) is 0 Å². The monoisotopic (exact) mass is 267 g/mol. The van der Waals surface area contributed by atoms with Crippen molar-refractivity contribution in [1.29, 1.82) is 0 Å². The van der Waals surface area contributed by atoms with Crippen molar-refractivity contribution in [2.45, 2.75) is 51.7 Å². The summed E-state index contributed by atoms with van der Waals surface area (Å²) in [4.78, 5) is 0. The summed E-state index contributed by atoms with van der Waals surface area (Å²) in [5.41, 5.74) is 1.18. The average Bonchev–Trinajstić information content (AvgIpc) is 3.15. The van der Waals surface area contributed by atoms with Gasteiger partial charge in [0.1, 0.15) is 11.9 Å². The second-order valence-corrected chi connectivity index (χ2v) is 5.55. The molecule has 0 amide bonds. The van der Waals surface area contributed by atoms with Crippen molar-refractivity contribution in [3.05, 3.63) is 28.8 Å². The molecule has 0 radical (unpaired) electrons. The maximum atomic E-state index is 6.17. The summed E-state index contributed by atoms with van der Waals surface area (Å²) >= 11 is 6.17. The summed E-state index contributed by atoms with van der Waals surface area (Å²) in [6, 6.07) is 6.65. The van der Waals surface area contributed by atoms with Crippen molar-refractivity contribution in [3.63, 3.8) is 0 Å². The molecule has 2 nitrogen and oxygen atoms in total. The summed E-state index contributed by atoms with van der Waals surface area (Å²) in [5, 5.41) is 4.23. The van der Waals surface area contributed by atoms with Gasteiger partial charge in [0.2, 0.25) is 0 Å². The minimum absolute atomic E-state index is 0.217. The van der Waals surface area contributed by atoms with Crippen LogP contribution in [0.2, 0.25) is 5.02 Å². The molecular formula is C15H22ClNO. The maximum absolute atomic E-state index is 6.17. The van der Waals surface area contributed by atoms with Gasteiger partial charge < -0.3 is 10.1 Å². The molecule has 1 aliphatic carbocycles. The minimum Gasteiger partial charge on any atom is -0.488 e. The van der Waals surface area contributed by atoms with Gasteiger partial charge in [-0.05, 0) is 43.9 Å². The van der Waals surface area contributed by atoms with Gasteiger partial charge in [0.25, 0.3) is 0 Å². The number of benzene rings is 1. The zero-order valence-electron chi connectivity index (χ0n) is 11.2. The van der Waals surface area contributed by atoms with Gasteiger partial charge in [-0.2, -0.15) is 0 Å². The highest BCUT2D eigenvalue weighted by atomic mass is 35.5. The Morgan fingerprint density at radius 1 is 1.44 bits per heavy atom. The van der Waals surface area contributed by atoms with Crippen LogP contribution in [-0.2, 0) is 0 Å². The molecule has 1 atom stereocenters. The quantitative estimate of drug-likeness (QED) is 0.808. The highest BCUT2D eigenvalue weighted by Gasteiger charge is 2.22. The third-order valence-electron chi connectivity index (χ3n) is 3.20. The predicted molar refractivity (Wildman–Crippen MR) is 76.5 cm³/mol. The summed E-state index contributed by atoms with van der Waals surface area (Å²) < 4.78 is 6.05. The summed E-state index contributed by atoms with van der Waals surface area (Å²) in [7, 11) is 0. The van der Waals surface area contributed by atoms with Crippen LogP contribution < -0.4 is 10.1 Å². The molecule has 3 heteroatoms. The van der Waals surface area contributed by atoms with Gasteiger partial charge in [0, 0.05) is 12.6 Å². The third kappa shape index (κ3) is 4.18. The van der Waals surface area contributed by atoms with Crippen LogP contribution in [0.5, 0.6) is 5.75 Å². The molecule has 1 saturated carbocycles. The topological polar surface area (TPSA) is 21.3 Å². The number of hydrogen-bond donors (Lipinski definition) is 1. The van der Waals surface area contributed by atoms with Crippen molar-refractivity contribution < 1.29 is 4.74 Å². The lowest BCUT2D eigenvalue weighted by atomic mass is 10.2. The number of ether oxygens (including phenoxy) is 1. The number of halogens is 1. The first-order valence-electron chi connectivity index (χ1n) is 6.85. The van der Waals surface area contributed by atoms with E-state index in [0.717, 1.165) is 31.2 Å². The Morgan fingerprint density at radius 3 is 2.89 bits per heavy atom. The maximum Gasteiger partial charge on any atom is 0.138 e. The zero-order chi connectivity index (χ0) is 13.0. The third-order valence-corrected chi connectivity index (χ3v) is 3.51. The van der Waals surface area contributed by atoms with Crippen LogP contribution in [0.4, 0.5) is 0 Å². The Balaban J connectivity index is 1.94. The first kappa shape index (κ1) is 13.7. The lowest BCUT2D eigenvalue weighted by Crippen LogP contribution is -2.32. The van der Waals surface area contributed by atoms with E-state index in [1.807, 2.05) is 18.2 Å². The standard InChI is InChI=1S/C15H22ClNO/c1-3-4-13(10-17-12-6-7-12)18-15-9-11(2)5-8-14(15)16/h5,8-9,12-13,17H,3-4,6-7,10H2,1-2H3. The van der Waals surface area contributed by atoms with Crippen molar-refractivity contribution in [3.8, 4) is 5.75 Å². The fourth-order valence-corrected chi connectivity index (χ4v) is 2.15. The molecule has 0 spiro atoms. The van der Waals surface area contributed by atoms with Gasteiger partial charge in [0.15, 0.2) is 0 Å². The fraction of sp³-hybridized carbons (Fsp3) is 0.600. The van der Waals surface area contributed by atoms with Crippen molar-refractivity contribution in [2.75, 3.05) is 6.54 Å². The van der Waals surface area contributed by atoms with Crippen LogP contribution >= 0.6 is 11.6 Å². The molecule has 1 fully saturated rings. The van der Waals surface area contributed by atoms with E-state index >= 15 is 0 Å². The Morgan fingerprint density at radius 2 is 2.22 bits per heavy atom. The van der Waals surface area contributed by atoms with Crippen molar-refractivity contribution >= 4 is 11.6 Å². The SMILES string of the molecule is CCCC(CNC1CC1)Oc1cc(C)ccc1Cl. The minimum atomic E-state index is 0.217. The first-order valence-corrected chi connectivity index (χ1v) is 7.23.